The van der Waals surface area contributed by atoms with Gasteiger partial charge in [0.05, 0.1) is 11.3 Å². The van der Waals surface area contributed by atoms with Gasteiger partial charge in [0.1, 0.15) is 6.07 Å². The molecule has 0 aromatic heterocycles. The largest absolute Gasteiger partial charge is 0.323 e. The molecule has 2 rings (SSSR count). The van der Waals surface area contributed by atoms with Crippen molar-refractivity contribution in [2.45, 2.75) is 13.8 Å². The van der Waals surface area contributed by atoms with E-state index < -0.39 is 0 Å². The van der Waals surface area contributed by atoms with E-state index in [2.05, 4.69) is 10.6 Å². The highest BCUT2D eigenvalue weighted by Gasteiger charge is 2.07. The number of rotatable bonds is 2. The van der Waals surface area contributed by atoms with Crippen LogP contribution in [-0.2, 0) is 0 Å². The molecule has 0 bridgehead atoms. The molecule has 2 aromatic carbocycles. The Balaban J connectivity index is 2.14. The second-order valence-electron chi connectivity index (χ2n) is 4.55. The second-order valence-corrected chi connectivity index (χ2v) is 4.55. The van der Waals surface area contributed by atoms with Gasteiger partial charge in [-0.25, -0.2) is 4.79 Å². The van der Waals surface area contributed by atoms with Crippen LogP contribution in [0.2, 0.25) is 0 Å². The number of nitrogens with one attached hydrogen (secondary N) is 2. The molecule has 0 radical (unpaired) electrons. The maximum atomic E-state index is 12.0. The molecular formula is C16H15N3O. The monoisotopic (exact) mass is 265 g/mol. The number of nitrogens with zero attached hydrogens (tertiary/aromatic N) is 1. The Morgan fingerprint density at radius 2 is 1.75 bits per heavy atom. The number of amides is 2. The van der Waals surface area contributed by atoms with Crippen LogP contribution in [0, 0.1) is 25.2 Å². The Bertz CT molecular complexity index is 686. The van der Waals surface area contributed by atoms with Crippen LogP contribution in [0.5, 0.6) is 0 Å². The highest BCUT2D eigenvalue weighted by atomic mass is 16.2. The van der Waals surface area contributed by atoms with Crippen LogP contribution in [0.4, 0.5) is 16.2 Å². The van der Waals surface area contributed by atoms with Crippen molar-refractivity contribution in [3.63, 3.8) is 0 Å². The molecule has 0 atom stereocenters. The third kappa shape index (κ3) is 3.15. The number of anilines is 2. The molecule has 0 unspecified atom stereocenters. The van der Waals surface area contributed by atoms with Gasteiger partial charge in [0.25, 0.3) is 0 Å². The number of hydrogen-bond donors (Lipinski definition) is 2. The van der Waals surface area contributed by atoms with Crippen LogP contribution in [0.15, 0.2) is 42.5 Å². The summed E-state index contributed by atoms with van der Waals surface area (Å²) in [5.74, 6) is 0. The molecule has 0 aliphatic rings. The fourth-order valence-electron chi connectivity index (χ4n) is 1.84. The van der Waals surface area contributed by atoms with Crippen molar-refractivity contribution in [3.05, 3.63) is 59.2 Å². The van der Waals surface area contributed by atoms with Crippen LogP contribution in [-0.4, -0.2) is 6.03 Å². The van der Waals surface area contributed by atoms with Crippen molar-refractivity contribution in [2.24, 2.45) is 0 Å². The van der Waals surface area contributed by atoms with Gasteiger partial charge in [-0.05, 0) is 43.2 Å². The number of para-hydroxylation sites is 1. The van der Waals surface area contributed by atoms with Gasteiger partial charge in [0.2, 0.25) is 0 Å². The molecular weight excluding hydrogens is 250 g/mol. The number of hydrogen-bond acceptors (Lipinski definition) is 2. The Morgan fingerprint density at radius 1 is 1.05 bits per heavy atom. The average molecular weight is 265 g/mol. The predicted octanol–water partition coefficient (Wildman–Crippen LogP) is 3.82. The van der Waals surface area contributed by atoms with Crippen molar-refractivity contribution >= 4 is 17.4 Å². The summed E-state index contributed by atoms with van der Waals surface area (Å²) in [4.78, 5) is 12.0. The molecule has 0 aliphatic heterocycles. The first-order valence-corrected chi connectivity index (χ1v) is 6.24. The van der Waals surface area contributed by atoms with Crippen molar-refractivity contribution in [1.82, 2.24) is 0 Å². The number of urea groups is 1. The van der Waals surface area contributed by atoms with Crippen LogP contribution >= 0.6 is 0 Å². The standard InChI is InChI=1S/C16H15N3O/c1-11-7-8-12(2)15(9-11)19-16(20)18-14-6-4-3-5-13(14)10-17/h3-9H,1-2H3,(H2,18,19,20). The van der Waals surface area contributed by atoms with E-state index in [0.29, 0.717) is 11.3 Å². The van der Waals surface area contributed by atoms with Crippen LogP contribution in [0.3, 0.4) is 0 Å². The Morgan fingerprint density at radius 3 is 2.50 bits per heavy atom. The lowest BCUT2D eigenvalue weighted by Crippen LogP contribution is -2.20. The lowest BCUT2D eigenvalue weighted by Gasteiger charge is -2.11. The van der Waals surface area contributed by atoms with Gasteiger partial charge in [0, 0.05) is 5.69 Å². The van der Waals surface area contributed by atoms with Crippen molar-refractivity contribution in [1.29, 1.82) is 5.26 Å². The zero-order chi connectivity index (χ0) is 14.5. The number of benzene rings is 2. The maximum absolute atomic E-state index is 12.0. The molecule has 2 amide bonds. The summed E-state index contributed by atoms with van der Waals surface area (Å²) in [7, 11) is 0. The lowest BCUT2D eigenvalue weighted by molar-refractivity contribution is 0.262. The molecule has 2 aromatic rings. The van der Waals surface area contributed by atoms with E-state index >= 15 is 0 Å². The highest BCUT2D eigenvalue weighted by Crippen LogP contribution is 2.18. The van der Waals surface area contributed by atoms with Gasteiger partial charge in [-0.15, -0.1) is 0 Å². The van der Waals surface area contributed by atoms with Crippen LogP contribution < -0.4 is 10.6 Å². The van der Waals surface area contributed by atoms with E-state index in [9.17, 15) is 4.79 Å². The molecule has 0 saturated carbocycles. The fraction of sp³-hybridized carbons (Fsp3) is 0.125. The summed E-state index contributed by atoms with van der Waals surface area (Å²) < 4.78 is 0. The summed E-state index contributed by atoms with van der Waals surface area (Å²) in [5.41, 5.74) is 3.75. The van der Waals surface area contributed by atoms with Gasteiger partial charge in [0.15, 0.2) is 0 Å². The first-order chi connectivity index (χ1) is 9.60. The van der Waals surface area contributed by atoms with Crippen LogP contribution in [0.1, 0.15) is 16.7 Å². The molecule has 100 valence electrons. The minimum atomic E-state index is -0.360. The van der Waals surface area contributed by atoms with Crippen molar-refractivity contribution in [2.75, 3.05) is 10.6 Å². The zero-order valence-electron chi connectivity index (χ0n) is 11.4. The normalized spacial score (nSPS) is 9.65. The molecule has 0 aliphatic carbocycles. The van der Waals surface area contributed by atoms with E-state index in [1.54, 1.807) is 24.3 Å². The highest BCUT2D eigenvalue weighted by molar-refractivity contribution is 6.01. The number of aryl methyl sites for hydroxylation is 2. The number of carbonyl (C=O) groups excluding carboxylic acids is 1. The minimum Gasteiger partial charge on any atom is -0.307 e. The third-order valence-electron chi connectivity index (χ3n) is 2.94. The van der Waals surface area contributed by atoms with Gasteiger partial charge in [-0.3, -0.25) is 0 Å². The number of nitriles is 1. The van der Waals surface area contributed by atoms with Crippen LogP contribution in [0.25, 0.3) is 0 Å². The third-order valence-corrected chi connectivity index (χ3v) is 2.94. The molecule has 4 nitrogen and oxygen atoms in total. The van der Waals surface area contributed by atoms with Gasteiger partial charge in [-0.1, -0.05) is 24.3 Å². The topological polar surface area (TPSA) is 64.9 Å². The second kappa shape index (κ2) is 5.89. The minimum absolute atomic E-state index is 0.360. The summed E-state index contributed by atoms with van der Waals surface area (Å²) in [6.07, 6.45) is 0. The van der Waals surface area contributed by atoms with Crippen molar-refractivity contribution in [3.8, 4) is 6.07 Å². The molecule has 0 heterocycles. The summed E-state index contributed by atoms with van der Waals surface area (Å²) in [5, 5.41) is 14.5. The van der Waals surface area contributed by atoms with Crippen molar-refractivity contribution < 1.29 is 4.79 Å². The quantitative estimate of drug-likeness (QED) is 0.866. The predicted molar refractivity (Wildman–Crippen MR) is 79.7 cm³/mol. The summed E-state index contributed by atoms with van der Waals surface area (Å²) in [6, 6.07) is 14.4. The van der Waals surface area contributed by atoms with Gasteiger partial charge in [-0.2, -0.15) is 5.26 Å². The van der Waals surface area contributed by atoms with E-state index in [1.807, 2.05) is 38.1 Å². The zero-order valence-corrected chi connectivity index (χ0v) is 11.4. The maximum Gasteiger partial charge on any atom is 0.323 e. The lowest BCUT2D eigenvalue weighted by atomic mass is 10.1. The molecule has 0 spiro atoms. The Labute approximate surface area is 118 Å². The summed E-state index contributed by atoms with van der Waals surface area (Å²) in [6.45, 7) is 3.89. The first kappa shape index (κ1) is 13.6. The fourth-order valence-corrected chi connectivity index (χ4v) is 1.84. The molecule has 2 N–H and O–H groups in total. The van der Waals surface area contributed by atoms with Gasteiger partial charge >= 0.3 is 6.03 Å². The molecule has 0 saturated heterocycles. The molecule has 20 heavy (non-hydrogen) atoms. The van der Waals surface area contributed by atoms with E-state index in [-0.39, 0.29) is 6.03 Å². The first-order valence-electron chi connectivity index (χ1n) is 6.24. The number of carbonyl (C=O) groups is 1. The Kier molecular flexibility index (Phi) is 4.02. The smallest absolute Gasteiger partial charge is 0.307 e. The van der Waals surface area contributed by atoms with E-state index in [4.69, 9.17) is 5.26 Å². The van der Waals surface area contributed by atoms with Gasteiger partial charge < -0.3 is 10.6 Å². The Hall–Kier alpha value is -2.80. The van der Waals surface area contributed by atoms with E-state index in [0.717, 1.165) is 16.8 Å². The SMILES string of the molecule is Cc1ccc(C)c(NC(=O)Nc2ccccc2C#N)c1. The molecule has 4 heteroatoms. The summed E-state index contributed by atoms with van der Waals surface area (Å²) >= 11 is 0. The molecule has 0 fully saturated rings. The van der Waals surface area contributed by atoms with E-state index in [1.165, 1.54) is 0 Å². The average Bonchev–Trinajstić information content (AvgIpc) is 2.43.